The first-order valence-electron chi connectivity index (χ1n) is 11.3. The van der Waals surface area contributed by atoms with E-state index in [0.29, 0.717) is 24.9 Å². The van der Waals surface area contributed by atoms with Gasteiger partial charge in [-0.1, -0.05) is 30.3 Å². The first kappa shape index (κ1) is 25.7. The molecule has 37 heavy (non-hydrogen) atoms. The monoisotopic (exact) mass is 517 g/mol. The smallest absolute Gasteiger partial charge is 0.472 e. The topological polar surface area (TPSA) is 104 Å². The number of hydrogen-bond donors (Lipinski definition) is 0. The standard InChI is InChI=1S/C25H22F3N3O6/c26-25(27,28)22-13-20(14-29-23(22)35-15-17-5-2-1-3-6-17)30-12-4-7-19(30)16-36-24(32)37-21-10-8-18(9-11-21)31(33)34/h1-3,5-6,8-11,13-14,19H,4,7,12,15-16H2/t19-/m0/s1. The number of nitrogens with zero attached hydrogens (tertiary/aromatic N) is 3. The number of carbonyl (C=O) groups excluding carboxylic acids is 1. The Balaban J connectivity index is 1.40. The average molecular weight is 517 g/mol. The molecule has 0 spiro atoms. The number of pyridine rings is 1. The molecule has 2 aromatic carbocycles. The molecule has 4 rings (SSSR count). The highest BCUT2D eigenvalue weighted by Gasteiger charge is 2.37. The van der Waals surface area contributed by atoms with Crippen molar-refractivity contribution >= 4 is 17.5 Å². The summed E-state index contributed by atoms with van der Waals surface area (Å²) >= 11 is 0. The minimum Gasteiger partial charge on any atom is -0.472 e. The quantitative estimate of drug-likeness (QED) is 0.161. The van der Waals surface area contributed by atoms with Gasteiger partial charge in [0.05, 0.1) is 22.8 Å². The Kier molecular flexibility index (Phi) is 7.75. The number of halogens is 3. The van der Waals surface area contributed by atoms with Crippen LogP contribution in [0.5, 0.6) is 11.6 Å². The fraction of sp³-hybridized carbons (Fsp3) is 0.280. The van der Waals surface area contributed by atoms with E-state index in [1.807, 2.05) is 0 Å². The van der Waals surface area contributed by atoms with Gasteiger partial charge < -0.3 is 19.1 Å². The number of rotatable bonds is 8. The van der Waals surface area contributed by atoms with E-state index >= 15 is 0 Å². The van der Waals surface area contributed by atoms with Crippen LogP contribution in [0.25, 0.3) is 0 Å². The van der Waals surface area contributed by atoms with Gasteiger partial charge in [-0.25, -0.2) is 9.78 Å². The number of nitro groups is 1. The minimum absolute atomic E-state index is 0.0592. The maximum atomic E-state index is 13.8. The predicted molar refractivity (Wildman–Crippen MR) is 125 cm³/mol. The Labute approximate surface area is 209 Å². The van der Waals surface area contributed by atoms with Crippen molar-refractivity contribution in [2.75, 3.05) is 18.1 Å². The fourth-order valence-corrected chi connectivity index (χ4v) is 3.92. The first-order chi connectivity index (χ1) is 17.7. The predicted octanol–water partition coefficient (Wildman–Crippen LogP) is 5.77. The molecule has 1 aromatic heterocycles. The molecule has 2 heterocycles. The van der Waals surface area contributed by atoms with Crippen molar-refractivity contribution in [1.29, 1.82) is 0 Å². The molecule has 3 aromatic rings. The number of ether oxygens (including phenoxy) is 3. The summed E-state index contributed by atoms with van der Waals surface area (Å²) in [5.41, 5.74) is -0.219. The number of carbonyl (C=O) groups is 1. The van der Waals surface area contributed by atoms with E-state index in [4.69, 9.17) is 14.2 Å². The van der Waals surface area contributed by atoms with Crippen LogP contribution in [0.2, 0.25) is 0 Å². The van der Waals surface area contributed by atoms with E-state index in [9.17, 15) is 28.1 Å². The molecule has 1 atom stereocenters. The van der Waals surface area contributed by atoms with Crippen LogP contribution in [0.4, 0.5) is 29.3 Å². The molecule has 1 fully saturated rings. The van der Waals surface area contributed by atoms with E-state index in [0.717, 1.165) is 6.07 Å². The second-order valence-electron chi connectivity index (χ2n) is 8.22. The van der Waals surface area contributed by atoms with Crippen LogP contribution in [0.15, 0.2) is 66.9 Å². The average Bonchev–Trinajstić information content (AvgIpc) is 3.35. The second kappa shape index (κ2) is 11.1. The van der Waals surface area contributed by atoms with Crippen molar-refractivity contribution < 1.29 is 37.1 Å². The van der Waals surface area contributed by atoms with Gasteiger partial charge in [0.15, 0.2) is 0 Å². The SMILES string of the molecule is O=C(OC[C@@H]1CCCN1c1cnc(OCc2ccccc2)c(C(F)(F)F)c1)Oc1ccc([N+](=O)[O-])cc1. The van der Waals surface area contributed by atoms with Crippen molar-refractivity contribution in [3.63, 3.8) is 0 Å². The Bertz CT molecular complexity index is 1240. The minimum atomic E-state index is -4.69. The van der Waals surface area contributed by atoms with E-state index in [2.05, 4.69) is 4.98 Å². The number of nitro benzene ring substituents is 1. The molecule has 12 heteroatoms. The van der Waals surface area contributed by atoms with Crippen molar-refractivity contribution in [3.05, 3.63) is 88.1 Å². The molecule has 0 bridgehead atoms. The van der Waals surface area contributed by atoms with E-state index in [1.54, 1.807) is 35.2 Å². The van der Waals surface area contributed by atoms with Crippen LogP contribution in [0.3, 0.4) is 0 Å². The molecule has 0 aliphatic carbocycles. The lowest BCUT2D eigenvalue weighted by atomic mass is 10.2. The summed E-state index contributed by atoms with van der Waals surface area (Å²) in [6.07, 6.45) is -3.14. The highest BCUT2D eigenvalue weighted by Crippen LogP contribution is 2.38. The van der Waals surface area contributed by atoms with Gasteiger partial charge >= 0.3 is 12.3 Å². The lowest BCUT2D eigenvalue weighted by Crippen LogP contribution is -2.34. The molecular formula is C25H22F3N3O6. The van der Waals surface area contributed by atoms with Crippen LogP contribution in [-0.4, -0.2) is 35.3 Å². The third kappa shape index (κ3) is 6.66. The molecule has 1 aliphatic rings. The summed E-state index contributed by atoms with van der Waals surface area (Å²) in [5.74, 6) is -0.456. The van der Waals surface area contributed by atoms with Crippen molar-refractivity contribution in [3.8, 4) is 11.6 Å². The molecule has 9 nitrogen and oxygen atoms in total. The summed E-state index contributed by atoms with van der Waals surface area (Å²) in [6.45, 7) is 0.265. The van der Waals surface area contributed by atoms with Crippen LogP contribution < -0.4 is 14.4 Å². The summed E-state index contributed by atoms with van der Waals surface area (Å²) < 4.78 is 57.0. The Hall–Kier alpha value is -4.35. The van der Waals surface area contributed by atoms with Gasteiger partial charge in [0.25, 0.3) is 5.69 Å². The zero-order valence-electron chi connectivity index (χ0n) is 19.4. The van der Waals surface area contributed by atoms with Crippen molar-refractivity contribution in [2.45, 2.75) is 31.7 Å². The van der Waals surface area contributed by atoms with Gasteiger partial charge in [0, 0.05) is 18.7 Å². The molecular weight excluding hydrogens is 495 g/mol. The van der Waals surface area contributed by atoms with Crippen LogP contribution >= 0.6 is 0 Å². The third-order valence-corrected chi connectivity index (χ3v) is 5.71. The first-order valence-corrected chi connectivity index (χ1v) is 11.3. The third-order valence-electron chi connectivity index (χ3n) is 5.71. The maximum Gasteiger partial charge on any atom is 0.513 e. The molecule has 0 amide bonds. The van der Waals surface area contributed by atoms with Gasteiger partial charge in [-0.15, -0.1) is 0 Å². The molecule has 0 saturated carbocycles. The molecule has 0 N–H and O–H groups in total. The van der Waals surface area contributed by atoms with Crippen LogP contribution in [0, 0.1) is 10.1 Å². The maximum absolute atomic E-state index is 13.8. The van der Waals surface area contributed by atoms with Gasteiger partial charge in [-0.3, -0.25) is 10.1 Å². The van der Waals surface area contributed by atoms with Crippen molar-refractivity contribution in [2.24, 2.45) is 0 Å². The summed E-state index contributed by atoms with van der Waals surface area (Å²) in [5, 5.41) is 10.7. The molecule has 194 valence electrons. The van der Waals surface area contributed by atoms with Gasteiger partial charge in [0.1, 0.15) is 24.5 Å². The number of anilines is 1. The summed E-state index contributed by atoms with van der Waals surface area (Å²) in [7, 11) is 0. The van der Waals surface area contributed by atoms with Crippen LogP contribution in [0.1, 0.15) is 24.0 Å². The highest BCUT2D eigenvalue weighted by molar-refractivity contribution is 5.64. The number of benzene rings is 2. The Morgan fingerprint density at radius 1 is 1.14 bits per heavy atom. The summed E-state index contributed by atoms with van der Waals surface area (Å²) in [6, 6.07) is 14.3. The zero-order chi connectivity index (χ0) is 26.4. The zero-order valence-corrected chi connectivity index (χ0v) is 19.4. The molecule has 0 unspecified atom stereocenters. The normalized spacial score (nSPS) is 15.3. The molecule has 1 aliphatic heterocycles. The molecule has 0 radical (unpaired) electrons. The largest absolute Gasteiger partial charge is 0.513 e. The summed E-state index contributed by atoms with van der Waals surface area (Å²) in [4.78, 5) is 27.8. The van der Waals surface area contributed by atoms with Crippen molar-refractivity contribution in [1.82, 2.24) is 4.98 Å². The lowest BCUT2D eigenvalue weighted by molar-refractivity contribution is -0.384. The Morgan fingerprint density at radius 2 is 1.86 bits per heavy atom. The lowest BCUT2D eigenvalue weighted by Gasteiger charge is -2.27. The second-order valence-corrected chi connectivity index (χ2v) is 8.22. The van der Waals surface area contributed by atoms with Gasteiger partial charge in [0.2, 0.25) is 5.88 Å². The van der Waals surface area contributed by atoms with E-state index in [-0.39, 0.29) is 36.4 Å². The fourth-order valence-electron chi connectivity index (χ4n) is 3.92. The van der Waals surface area contributed by atoms with E-state index < -0.39 is 28.7 Å². The number of alkyl halides is 3. The highest BCUT2D eigenvalue weighted by atomic mass is 19.4. The van der Waals surface area contributed by atoms with Gasteiger partial charge in [-0.05, 0) is 36.6 Å². The number of hydrogen-bond acceptors (Lipinski definition) is 8. The Morgan fingerprint density at radius 3 is 2.54 bits per heavy atom. The van der Waals surface area contributed by atoms with Gasteiger partial charge in [-0.2, -0.15) is 13.2 Å². The number of aromatic nitrogens is 1. The number of non-ortho nitro benzene ring substituents is 1. The van der Waals surface area contributed by atoms with Crippen LogP contribution in [-0.2, 0) is 17.5 Å². The molecule has 1 saturated heterocycles. The van der Waals surface area contributed by atoms with E-state index in [1.165, 1.54) is 30.5 Å².